The van der Waals surface area contributed by atoms with Gasteiger partial charge in [-0.1, -0.05) is 42.0 Å². The lowest BCUT2D eigenvalue weighted by Gasteiger charge is -2.17. The van der Waals surface area contributed by atoms with Crippen LogP contribution in [0.15, 0.2) is 54.6 Å². The Labute approximate surface area is 211 Å². The van der Waals surface area contributed by atoms with E-state index in [1.807, 2.05) is 77.1 Å². The number of para-hydroxylation sites is 1. The molecule has 4 rings (SSSR count). The van der Waals surface area contributed by atoms with Crippen LogP contribution in [0.3, 0.4) is 0 Å². The number of hydrogen-bond donors (Lipinski definition) is 0. The summed E-state index contributed by atoms with van der Waals surface area (Å²) in [6, 6.07) is 17.3. The highest BCUT2D eigenvalue weighted by Crippen LogP contribution is 2.28. The van der Waals surface area contributed by atoms with Gasteiger partial charge in [0.15, 0.2) is 6.61 Å². The van der Waals surface area contributed by atoms with Crippen molar-refractivity contribution in [3.05, 3.63) is 88.2 Å². The molecule has 0 bridgehead atoms. The van der Waals surface area contributed by atoms with Crippen LogP contribution in [0.25, 0.3) is 22.2 Å². The van der Waals surface area contributed by atoms with Crippen molar-refractivity contribution in [1.29, 1.82) is 0 Å². The van der Waals surface area contributed by atoms with Crippen molar-refractivity contribution in [1.82, 2.24) is 9.55 Å². The topological polar surface area (TPSA) is 70.4 Å². The molecule has 0 fully saturated rings. The molecule has 0 aliphatic carbocycles. The molecule has 4 aromatic rings. The van der Waals surface area contributed by atoms with E-state index >= 15 is 0 Å². The normalized spacial score (nSPS) is 12.1. The number of fused-ring (bicyclic) bond motifs is 1. The minimum atomic E-state index is -0.547. The SMILES string of the molecule is COCC(C)n1c(C)cc(C(=O)COC(=O)c2cc(-c3ccc(C)cc3C)nc3ccccc23)c1C. The highest BCUT2D eigenvalue weighted by molar-refractivity contribution is 6.06. The third-order valence-corrected chi connectivity index (χ3v) is 6.56. The predicted octanol–water partition coefficient (Wildman–Crippen LogP) is 6.18. The second-order valence-electron chi connectivity index (χ2n) is 9.35. The van der Waals surface area contributed by atoms with Gasteiger partial charge in [0.25, 0.3) is 0 Å². The van der Waals surface area contributed by atoms with Crippen LogP contribution < -0.4 is 0 Å². The van der Waals surface area contributed by atoms with E-state index in [-0.39, 0.29) is 18.4 Å². The molecule has 36 heavy (non-hydrogen) atoms. The van der Waals surface area contributed by atoms with E-state index in [0.717, 1.165) is 28.1 Å². The lowest BCUT2D eigenvalue weighted by molar-refractivity contribution is 0.0476. The summed E-state index contributed by atoms with van der Waals surface area (Å²) < 4.78 is 12.9. The maximum absolute atomic E-state index is 13.2. The van der Waals surface area contributed by atoms with E-state index in [1.54, 1.807) is 13.2 Å². The number of ketones is 1. The Balaban J connectivity index is 1.62. The molecular weight excluding hydrogens is 452 g/mol. The number of Topliss-reactive ketones (excluding diaryl/α,β-unsaturated/α-hetero) is 1. The molecule has 0 spiro atoms. The summed E-state index contributed by atoms with van der Waals surface area (Å²) in [4.78, 5) is 31.1. The van der Waals surface area contributed by atoms with E-state index in [2.05, 4.69) is 10.6 Å². The summed E-state index contributed by atoms with van der Waals surface area (Å²) in [5.41, 5.74) is 7.32. The monoisotopic (exact) mass is 484 g/mol. The molecule has 0 radical (unpaired) electrons. The summed E-state index contributed by atoms with van der Waals surface area (Å²) in [5.74, 6) is -0.783. The molecule has 0 N–H and O–H groups in total. The van der Waals surface area contributed by atoms with Crippen molar-refractivity contribution >= 4 is 22.7 Å². The van der Waals surface area contributed by atoms with Gasteiger partial charge in [-0.05, 0) is 58.4 Å². The predicted molar refractivity (Wildman–Crippen MR) is 142 cm³/mol. The van der Waals surface area contributed by atoms with Crippen molar-refractivity contribution in [2.24, 2.45) is 0 Å². The number of benzene rings is 2. The lowest BCUT2D eigenvalue weighted by Crippen LogP contribution is -2.17. The second-order valence-corrected chi connectivity index (χ2v) is 9.35. The van der Waals surface area contributed by atoms with Crippen LogP contribution in [0.4, 0.5) is 0 Å². The van der Waals surface area contributed by atoms with Gasteiger partial charge in [-0.25, -0.2) is 9.78 Å². The maximum Gasteiger partial charge on any atom is 0.339 e. The Kier molecular flexibility index (Phi) is 7.36. The Bertz CT molecular complexity index is 1450. The van der Waals surface area contributed by atoms with E-state index in [0.29, 0.717) is 34.3 Å². The molecule has 0 aliphatic rings. The number of aromatic nitrogens is 2. The van der Waals surface area contributed by atoms with Crippen molar-refractivity contribution in [2.45, 2.75) is 40.7 Å². The Morgan fingerprint density at radius 1 is 0.972 bits per heavy atom. The molecule has 2 aromatic heterocycles. The van der Waals surface area contributed by atoms with Gasteiger partial charge in [-0.15, -0.1) is 0 Å². The molecule has 1 unspecified atom stereocenters. The number of methoxy groups -OCH3 is 1. The Morgan fingerprint density at radius 2 is 1.72 bits per heavy atom. The number of aryl methyl sites for hydroxylation is 3. The number of pyridine rings is 1. The zero-order valence-corrected chi connectivity index (χ0v) is 21.7. The van der Waals surface area contributed by atoms with E-state index in [4.69, 9.17) is 14.5 Å². The van der Waals surface area contributed by atoms with Gasteiger partial charge in [0.2, 0.25) is 5.78 Å². The van der Waals surface area contributed by atoms with Crippen LogP contribution in [0, 0.1) is 27.7 Å². The molecule has 0 saturated heterocycles. The average molecular weight is 485 g/mol. The van der Waals surface area contributed by atoms with Crippen LogP contribution >= 0.6 is 0 Å². The fourth-order valence-corrected chi connectivity index (χ4v) is 4.92. The first-order chi connectivity index (χ1) is 17.2. The van der Waals surface area contributed by atoms with Crippen LogP contribution in [0.2, 0.25) is 0 Å². The van der Waals surface area contributed by atoms with Gasteiger partial charge in [0, 0.05) is 35.0 Å². The zero-order chi connectivity index (χ0) is 26.0. The number of carbonyl (C=O) groups excluding carboxylic acids is 2. The Hall–Kier alpha value is -3.77. The van der Waals surface area contributed by atoms with Gasteiger partial charge in [-0.3, -0.25) is 4.79 Å². The first-order valence-corrected chi connectivity index (χ1v) is 12.1. The summed E-state index contributed by atoms with van der Waals surface area (Å²) >= 11 is 0. The second kappa shape index (κ2) is 10.5. The molecule has 2 heterocycles. The minimum absolute atomic E-state index is 0.0888. The third-order valence-electron chi connectivity index (χ3n) is 6.56. The maximum atomic E-state index is 13.2. The van der Waals surface area contributed by atoms with Crippen molar-refractivity contribution < 1.29 is 19.1 Å². The third kappa shape index (κ3) is 4.95. The Morgan fingerprint density at radius 3 is 2.44 bits per heavy atom. The van der Waals surface area contributed by atoms with Crippen LogP contribution in [-0.2, 0) is 9.47 Å². The van der Waals surface area contributed by atoms with Crippen LogP contribution in [0.1, 0.15) is 56.2 Å². The van der Waals surface area contributed by atoms with Crippen molar-refractivity contribution in [3.8, 4) is 11.3 Å². The smallest absolute Gasteiger partial charge is 0.339 e. The minimum Gasteiger partial charge on any atom is -0.454 e. The number of esters is 1. The summed E-state index contributed by atoms with van der Waals surface area (Å²) in [6.45, 7) is 10.2. The summed E-state index contributed by atoms with van der Waals surface area (Å²) in [5, 5.41) is 0.690. The quantitative estimate of drug-likeness (QED) is 0.220. The average Bonchev–Trinajstić information content (AvgIpc) is 3.15. The van der Waals surface area contributed by atoms with Crippen molar-refractivity contribution in [3.63, 3.8) is 0 Å². The lowest BCUT2D eigenvalue weighted by atomic mass is 9.99. The molecule has 6 nitrogen and oxygen atoms in total. The van der Waals surface area contributed by atoms with E-state index < -0.39 is 5.97 Å². The number of carbonyl (C=O) groups is 2. The standard InChI is InChI=1S/C30H32N2O4/c1-18-11-12-23(19(2)13-18)28-15-26(24-9-7-8-10-27(24)31-28)30(34)36-17-29(33)25-14-20(3)32(22(25)5)21(4)16-35-6/h7-15,21H,16-17H2,1-6H3. The van der Waals surface area contributed by atoms with Gasteiger partial charge in [0.05, 0.1) is 29.4 Å². The molecular formula is C30H32N2O4. The van der Waals surface area contributed by atoms with Crippen LogP contribution in [0.5, 0.6) is 0 Å². The van der Waals surface area contributed by atoms with Gasteiger partial charge < -0.3 is 14.0 Å². The largest absolute Gasteiger partial charge is 0.454 e. The number of hydrogen-bond acceptors (Lipinski definition) is 5. The number of ether oxygens (including phenoxy) is 2. The molecule has 0 saturated carbocycles. The fourth-order valence-electron chi connectivity index (χ4n) is 4.92. The number of rotatable bonds is 8. The fraction of sp³-hybridized carbons (Fsp3) is 0.300. The molecule has 0 amide bonds. The summed E-state index contributed by atoms with van der Waals surface area (Å²) in [6.07, 6.45) is 0. The first kappa shape index (κ1) is 25.3. The van der Waals surface area contributed by atoms with Crippen molar-refractivity contribution in [2.75, 3.05) is 20.3 Å². The molecule has 186 valence electrons. The van der Waals surface area contributed by atoms with Gasteiger partial charge in [-0.2, -0.15) is 0 Å². The van der Waals surface area contributed by atoms with Gasteiger partial charge in [0.1, 0.15) is 0 Å². The van der Waals surface area contributed by atoms with Gasteiger partial charge >= 0.3 is 5.97 Å². The molecule has 1 atom stereocenters. The van der Waals surface area contributed by atoms with Crippen LogP contribution in [-0.4, -0.2) is 41.6 Å². The number of nitrogens with zero attached hydrogens (tertiary/aromatic N) is 2. The molecule has 6 heteroatoms. The highest BCUT2D eigenvalue weighted by atomic mass is 16.5. The summed E-state index contributed by atoms with van der Waals surface area (Å²) in [7, 11) is 1.66. The first-order valence-electron chi connectivity index (χ1n) is 12.1. The molecule has 2 aromatic carbocycles. The molecule has 0 aliphatic heterocycles. The van der Waals surface area contributed by atoms with E-state index in [1.165, 1.54) is 0 Å². The van der Waals surface area contributed by atoms with E-state index in [9.17, 15) is 9.59 Å². The zero-order valence-electron chi connectivity index (χ0n) is 21.7. The highest BCUT2D eigenvalue weighted by Gasteiger charge is 2.21.